The molecular weight excluding hydrogens is 150 g/mol. The Labute approximate surface area is 71.6 Å². The lowest BCUT2D eigenvalue weighted by Gasteiger charge is -2.20. The molecule has 1 atom stereocenters. The summed E-state index contributed by atoms with van der Waals surface area (Å²) in [4.78, 5) is 13.9. The van der Waals surface area contributed by atoms with Crippen molar-refractivity contribution in [3.05, 3.63) is 33.7 Å². The fraction of sp³-hybridized carbons (Fsp3) is 0.500. The molecule has 1 aromatic rings. The number of aryl methyl sites for hydroxylation is 1. The van der Waals surface area contributed by atoms with Crippen LogP contribution < -0.4 is 5.56 Å². The first-order valence-corrected chi connectivity index (χ1v) is 4.47. The highest BCUT2D eigenvalue weighted by Crippen LogP contribution is 2.21. The lowest BCUT2D eigenvalue weighted by Crippen LogP contribution is -2.17. The first kappa shape index (κ1) is 7.59. The zero-order valence-corrected chi connectivity index (χ0v) is 7.26. The summed E-state index contributed by atoms with van der Waals surface area (Å²) < 4.78 is 0. The van der Waals surface area contributed by atoms with E-state index in [1.54, 1.807) is 6.07 Å². The second kappa shape index (κ2) is 2.77. The highest BCUT2D eigenvalue weighted by atomic mass is 16.1. The summed E-state index contributed by atoms with van der Waals surface area (Å²) in [5.74, 6) is 0.718. The maximum absolute atomic E-state index is 11.0. The highest BCUT2D eigenvalue weighted by Gasteiger charge is 2.14. The minimum Gasteiger partial charge on any atom is -0.326 e. The maximum Gasteiger partial charge on any atom is 0.248 e. The average Bonchev–Trinajstić information content (AvgIpc) is 2.03. The van der Waals surface area contributed by atoms with Crippen molar-refractivity contribution in [1.29, 1.82) is 0 Å². The Morgan fingerprint density at radius 1 is 1.50 bits per heavy atom. The van der Waals surface area contributed by atoms with Gasteiger partial charge in [0, 0.05) is 11.8 Å². The van der Waals surface area contributed by atoms with Crippen molar-refractivity contribution in [2.75, 3.05) is 0 Å². The van der Waals surface area contributed by atoms with Crippen LogP contribution in [-0.4, -0.2) is 4.98 Å². The lowest BCUT2D eigenvalue weighted by atomic mass is 9.88. The largest absolute Gasteiger partial charge is 0.326 e. The summed E-state index contributed by atoms with van der Waals surface area (Å²) in [7, 11) is 0. The molecule has 0 fully saturated rings. The molecule has 0 bridgehead atoms. The van der Waals surface area contributed by atoms with E-state index < -0.39 is 0 Å². The Morgan fingerprint density at radius 3 is 3.17 bits per heavy atom. The summed E-state index contributed by atoms with van der Waals surface area (Å²) in [6, 6.07) is 3.58. The third-order valence-electron chi connectivity index (χ3n) is 2.56. The molecule has 0 aromatic carbocycles. The number of aromatic amines is 1. The third-order valence-corrected chi connectivity index (χ3v) is 2.56. The van der Waals surface area contributed by atoms with E-state index in [1.165, 1.54) is 12.0 Å². The van der Waals surface area contributed by atoms with Gasteiger partial charge in [-0.15, -0.1) is 0 Å². The third kappa shape index (κ3) is 1.29. The van der Waals surface area contributed by atoms with E-state index in [9.17, 15) is 4.79 Å². The highest BCUT2D eigenvalue weighted by molar-refractivity contribution is 5.22. The predicted octanol–water partition coefficient (Wildman–Crippen LogP) is 1.50. The summed E-state index contributed by atoms with van der Waals surface area (Å²) >= 11 is 0. The van der Waals surface area contributed by atoms with Gasteiger partial charge in [-0.05, 0) is 30.7 Å². The minimum absolute atomic E-state index is 0.0304. The molecule has 1 aliphatic carbocycles. The molecule has 0 aliphatic heterocycles. The van der Waals surface area contributed by atoms with E-state index in [0.29, 0.717) is 0 Å². The van der Waals surface area contributed by atoms with E-state index in [0.717, 1.165) is 24.5 Å². The van der Waals surface area contributed by atoms with Crippen LogP contribution in [0.5, 0.6) is 0 Å². The monoisotopic (exact) mass is 163 g/mol. The zero-order chi connectivity index (χ0) is 8.55. The van der Waals surface area contributed by atoms with Gasteiger partial charge >= 0.3 is 0 Å². The second-order valence-corrected chi connectivity index (χ2v) is 3.67. The van der Waals surface area contributed by atoms with Crippen LogP contribution in [0.4, 0.5) is 0 Å². The van der Waals surface area contributed by atoms with Gasteiger partial charge in [-0.2, -0.15) is 0 Å². The van der Waals surface area contributed by atoms with Crippen molar-refractivity contribution in [2.24, 2.45) is 5.92 Å². The van der Waals surface area contributed by atoms with Crippen LogP contribution in [0.2, 0.25) is 0 Å². The number of rotatable bonds is 0. The number of H-pyrrole nitrogens is 1. The molecule has 1 heterocycles. The van der Waals surface area contributed by atoms with Gasteiger partial charge in [0.05, 0.1) is 0 Å². The Hall–Kier alpha value is -1.05. The van der Waals surface area contributed by atoms with Crippen molar-refractivity contribution in [3.8, 4) is 0 Å². The normalized spacial score (nSPS) is 21.9. The van der Waals surface area contributed by atoms with Crippen LogP contribution in [0.15, 0.2) is 16.9 Å². The molecule has 2 rings (SSSR count). The van der Waals surface area contributed by atoms with Crippen molar-refractivity contribution >= 4 is 0 Å². The van der Waals surface area contributed by atoms with Crippen molar-refractivity contribution in [3.63, 3.8) is 0 Å². The van der Waals surface area contributed by atoms with E-state index >= 15 is 0 Å². The SMILES string of the molecule is CC1CCc2ccc(=O)[nH]c2C1. The molecule has 2 heteroatoms. The zero-order valence-electron chi connectivity index (χ0n) is 7.26. The molecule has 0 amide bonds. The van der Waals surface area contributed by atoms with Crippen molar-refractivity contribution < 1.29 is 0 Å². The van der Waals surface area contributed by atoms with Crippen molar-refractivity contribution in [2.45, 2.75) is 26.2 Å². The van der Waals surface area contributed by atoms with Gasteiger partial charge in [-0.1, -0.05) is 13.0 Å². The molecule has 64 valence electrons. The van der Waals surface area contributed by atoms with Crippen LogP contribution in [0.1, 0.15) is 24.6 Å². The Balaban J connectivity index is 2.44. The van der Waals surface area contributed by atoms with Gasteiger partial charge in [0.2, 0.25) is 5.56 Å². The van der Waals surface area contributed by atoms with Crippen molar-refractivity contribution in [1.82, 2.24) is 4.98 Å². The topological polar surface area (TPSA) is 32.9 Å². The smallest absolute Gasteiger partial charge is 0.248 e. The standard InChI is InChI=1S/C10H13NO/c1-7-2-3-8-4-5-10(12)11-9(8)6-7/h4-5,7H,2-3,6H2,1H3,(H,11,12). The summed E-state index contributed by atoms with van der Waals surface area (Å²) in [6.07, 6.45) is 3.40. The summed E-state index contributed by atoms with van der Waals surface area (Å²) in [5, 5.41) is 0. The number of nitrogens with one attached hydrogen (secondary N) is 1. The van der Waals surface area contributed by atoms with Gasteiger partial charge in [0.15, 0.2) is 0 Å². The number of hydrogen-bond donors (Lipinski definition) is 1. The van der Waals surface area contributed by atoms with Crippen LogP contribution >= 0.6 is 0 Å². The molecule has 0 saturated carbocycles. The molecule has 2 nitrogen and oxygen atoms in total. The number of pyridine rings is 1. The van der Waals surface area contributed by atoms with Gasteiger partial charge in [-0.25, -0.2) is 0 Å². The Morgan fingerprint density at radius 2 is 2.33 bits per heavy atom. The maximum atomic E-state index is 11.0. The van der Waals surface area contributed by atoms with E-state index in [4.69, 9.17) is 0 Å². The number of aromatic nitrogens is 1. The molecule has 1 unspecified atom stereocenters. The molecule has 1 aromatic heterocycles. The second-order valence-electron chi connectivity index (χ2n) is 3.67. The average molecular weight is 163 g/mol. The van der Waals surface area contributed by atoms with Crippen LogP contribution in [0, 0.1) is 5.92 Å². The lowest BCUT2D eigenvalue weighted by molar-refractivity contribution is 0.491. The molecule has 0 radical (unpaired) electrons. The van der Waals surface area contributed by atoms with E-state index in [-0.39, 0.29) is 5.56 Å². The van der Waals surface area contributed by atoms with E-state index in [1.807, 2.05) is 6.07 Å². The Bertz CT molecular complexity index is 340. The van der Waals surface area contributed by atoms with Gasteiger partial charge < -0.3 is 4.98 Å². The molecule has 1 N–H and O–H groups in total. The van der Waals surface area contributed by atoms with Crippen LogP contribution in [-0.2, 0) is 12.8 Å². The minimum atomic E-state index is 0.0304. The molecule has 12 heavy (non-hydrogen) atoms. The fourth-order valence-electron chi connectivity index (χ4n) is 1.82. The molecule has 0 saturated heterocycles. The molecule has 1 aliphatic rings. The van der Waals surface area contributed by atoms with Gasteiger partial charge in [-0.3, -0.25) is 4.79 Å². The Kier molecular flexibility index (Phi) is 1.75. The number of fused-ring (bicyclic) bond motifs is 1. The summed E-state index contributed by atoms with van der Waals surface area (Å²) in [5.41, 5.74) is 2.51. The summed E-state index contributed by atoms with van der Waals surface area (Å²) in [6.45, 7) is 2.23. The molecular formula is C10H13NO. The first-order chi connectivity index (χ1) is 5.75. The fourth-order valence-corrected chi connectivity index (χ4v) is 1.82. The van der Waals surface area contributed by atoms with Crippen LogP contribution in [0.25, 0.3) is 0 Å². The van der Waals surface area contributed by atoms with Gasteiger partial charge in [0.25, 0.3) is 0 Å². The van der Waals surface area contributed by atoms with E-state index in [2.05, 4.69) is 11.9 Å². The first-order valence-electron chi connectivity index (χ1n) is 4.47. The van der Waals surface area contributed by atoms with Crippen LogP contribution in [0.3, 0.4) is 0 Å². The quantitative estimate of drug-likeness (QED) is 0.617. The van der Waals surface area contributed by atoms with Gasteiger partial charge in [0.1, 0.15) is 0 Å². The number of hydrogen-bond acceptors (Lipinski definition) is 1. The predicted molar refractivity (Wildman–Crippen MR) is 48.3 cm³/mol. The molecule has 0 spiro atoms.